The van der Waals surface area contributed by atoms with E-state index in [2.05, 4.69) is 19.6 Å². The third kappa shape index (κ3) is 2.12. The number of rotatable bonds is 3. The van der Waals surface area contributed by atoms with Crippen LogP contribution < -0.4 is 5.73 Å². The molecule has 0 fully saturated rings. The van der Waals surface area contributed by atoms with Crippen molar-refractivity contribution in [2.24, 2.45) is 0 Å². The predicted molar refractivity (Wildman–Crippen MR) is 54.1 cm³/mol. The molecule has 0 saturated heterocycles. The average Bonchev–Trinajstić information content (AvgIpc) is 2.07. The van der Waals surface area contributed by atoms with Gasteiger partial charge in [0.05, 0.1) is 0 Å². The molecule has 1 rings (SSSR count). The molecule has 64 valence electrons. The Kier molecular flexibility index (Phi) is 2.92. The largest absolute Gasteiger partial charge is 0.399 e. The van der Waals surface area contributed by atoms with Crippen molar-refractivity contribution in [2.45, 2.75) is 19.8 Å². The number of nitrogen functional groups attached to an aromatic ring is 1. The first kappa shape index (κ1) is 8.85. The maximum atomic E-state index is 5.80. The molecule has 2 N–H and O–H groups in total. The Morgan fingerprint density at radius 3 is 2.92 bits per heavy atom. The second-order valence-electron chi connectivity index (χ2n) is 3.03. The number of nitrogens with two attached hydrogens (primary N) is 1. The summed E-state index contributed by atoms with van der Waals surface area (Å²) in [6, 6.07) is 6.14. The van der Waals surface area contributed by atoms with E-state index in [4.69, 9.17) is 5.73 Å². The predicted octanol–water partition coefficient (Wildman–Crippen LogP) is 2.70. The molecule has 0 bridgehead atoms. The summed E-state index contributed by atoms with van der Waals surface area (Å²) in [6.45, 7) is 5.77. The van der Waals surface area contributed by atoms with Gasteiger partial charge in [-0.1, -0.05) is 23.8 Å². The summed E-state index contributed by atoms with van der Waals surface area (Å²) in [5.74, 6) is 0. The summed E-state index contributed by atoms with van der Waals surface area (Å²) < 4.78 is 0. The summed E-state index contributed by atoms with van der Waals surface area (Å²) in [4.78, 5) is 0. The van der Waals surface area contributed by atoms with Gasteiger partial charge < -0.3 is 5.73 Å². The van der Waals surface area contributed by atoms with Crippen LogP contribution in [0.5, 0.6) is 0 Å². The minimum atomic E-state index is 0.891. The minimum Gasteiger partial charge on any atom is -0.399 e. The average molecular weight is 161 g/mol. The molecule has 0 saturated carbocycles. The zero-order valence-corrected chi connectivity index (χ0v) is 7.51. The van der Waals surface area contributed by atoms with Crippen LogP contribution in [0.25, 0.3) is 0 Å². The third-order valence-electron chi connectivity index (χ3n) is 1.92. The molecule has 0 aliphatic carbocycles. The zero-order chi connectivity index (χ0) is 8.97. The summed E-state index contributed by atoms with van der Waals surface area (Å²) >= 11 is 0. The first-order valence-corrected chi connectivity index (χ1v) is 4.20. The molecule has 0 radical (unpaired) electrons. The Hall–Kier alpha value is -1.24. The van der Waals surface area contributed by atoms with E-state index in [9.17, 15) is 0 Å². The van der Waals surface area contributed by atoms with Crippen molar-refractivity contribution in [3.8, 4) is 0 Å². The van der Waals surface area contributed by atoms with E-state index in [-0.39, 0.29) is 0 Å². The van der Waals surface area contributed by atoms with Crippen LogP contribution in [0.15, 0.2) is 30.9 Å². The SMILES string of the molecule is C=CCCc1cc(C)ccc1N. The topological polar surface area (TPSA) is 26.0 Å². The fraction of sp³-hybridized carbons (Fsp3) is 0.273. The van der Waals surface area contributed by atoms with Crippen LogP contribution in [-0.2, 0) is 6.42 Å². The lowest BCUT2D eigenvalue weighted by molar-refractivity contribution is 1.00. The second kappa shape index (κ2) is 3.96. The van der Waals surface area contributed by atoms with Crippen molar-refractivity contribution in [3.63, 3.8) is 0 Å². The van der Waals surface area contributed by atoms with Gasteiger partial charge >= 0.3 is 0 Å². The highest BCUT2D eigenvalue weighted by Crippen LogP contribution is 2.15. The van der Waals surface area contributed by atoms with Gasteiger partial charge in [-0.25, -0.2) is 0 Å². The minimum absolute atomic E-state index is 0.891. The van der Waals surface area contributed by atoms with Gasteiger partial charge in [-0.05, 0) is 31.4 Å². The smallest absolute Gasteiger partial charge is 0.0346 e. The molecule has 12 heavy (non-hydrogen) atoms. The zero-order valence-electron chi connectivity index (χ0n) is 7.51. The van der Waals surface area contributed by atoms with Gasteiger partial charge in [0.25, 0.3) is 0 Å². The van der Waals surface area contributed by atoms with Gasteiger partial charge in [0.15, 0.2) is 0 Å². The van der Waals surface area contributed by atoms with Crippen LogP contribution in [0, 0.1) is 6.92 Å². The maximum Gasteiger partial charge on any atom is 0.0346 e. The lowest BCUT2D eigenvalue weighted by Gasteiger charge is -2.04. The highest BCUT2D eigenvalue weighted by Gasteiger charge is 1.97. The molecule has 0 aromatic heterocycles. The molecule has 1 heteroatoms. The molecule has 0 atom stereocenters. The maximum absolute atomic E-state index is 5.80. The van der Waals surface area contributed by atoms with Crippen molar-refractivity contribution < 1.29 is 0 Å². The van der Waals surface area contributed by atoms with E-state index in [0.29, 0.717) is 0 Å². The van der Waals surface area contributed by atoms with Crippen molar-refractivity contribution >= 4 is 5.69 Å². The third-order valence-corrected chi connectivity index (χ3v) is 1.92. The van der Waals surface area contributed by atoms with Gasteiger partial charge in [0.1, 0.15) is 0 Å². The monoisotopic (exact) mass is 161 g/mol. The summed E-state index contributed by atoms with van der Waals surface area (Å²) in [6.07, 6.45) is 3.91. The first-order chi connectivity index (χ1) is 5.74. The van der Waals surface area contributed by atoms with Gasteiger partial charge in [-0.15, -0.1) is 6.58 Å². The summed E-state index contributed by atoms with van der Waals surface area (Å²) in [5, 5.41) is 0. The standard InChI is InChI=1S/C11H15N/c1-3-4-5-10-8-9(2)6-7-11(10)12/h3,6-8H,1,4-5,12H2,2H3. The highest BCUT2D eigenvalue weighted by atomic mass is 14.6. The number of hydrogen-bond acceptors (Lipinski definition) is 1. The molecule has 0 spiro atoms. The fourth-order valence-corrected chi connectivity index (χ4v) is 1.21. The number of allylic oxidation sites excluding steroid dienone is 1. The Labute approximate surface area is 73.9 Å². The molecule has 0 amide bonds. The molecule has 0 unspecified atom stereocenters. The Bertz CT molecular complexity index is 276. The van der Waals surface area contributed by atoms with E-state index in [1.54, 1.807) is 0 Å². The summed E-state index contributed by atoms with van der Waals surface area (Å²) in [5.41, 5.74) is 9.19. The number of benzene rings is 1. The van der Waals surface area contributed by atoms with Crippen molar-refractivity contribution in [1.29, 1.82) is 0 Å². The van der Waals surface area contributed by atoms with Gasteiger partial charge in [0, 0.05) is 5.69 Å². The Morgan fingerprint density at radius 1 is 1.50 bits per heavy atom. The van der Waals surface area contributed by atoms with Crippen LogP contribution in [0.4, 0.5) is 5.69 Å². The van der Waals surface area contributed by atoms with Crippen molar-refractivity contribution in [2.75, 3.05) is 5.73 Å². The van der Waals surface area contributed by atoms with E-state index < -0.39 is 0 Å². The molecular formula is C11H15N. The van der Waals surface area contributed by atoms with E-state index in [1.807, 2.05) is 18.2 Å². The lowest BCUT2D eigenvalue weighted by atomic mass is 10.1. The molecule has 0 aliphatic heterocycles. The van der Waals surface area contributed by atoms with Crippen LogP contribution in [0.2, 0.25) is 0 Å². The summed E-state index contributed by atoms with van der Waals surface area (Å²) in [7, 11) is 0. The second-order valence-corrected chi connectivity index (χ2v) is 3.03. The quantitative estimate of drug-likeness (QED) is 0.535. The fourth-order valence-electron chi connectivity index (χ4n) is 1.21. The van der Waals surface area contributed by atoms with Crippen LogP contribution in [0.1, 0.15) is 17.5 Å². The van der Waals surface area contributed by atoms with E-state index >= 15 is 0 Å². The molecular weight excluding hydrogens is 146 g/mol. The molecule has 1 aromatic rings. The van der Waals surface area contributed by atoms with E-state index in [1.165, 1.54) is 11.1 Å². The van der Waals surface area contributed by atoms with Crippen molar-refractivity contribution in [1.82, 2.24) is 0 Å². The molecule has 1 nitrogen and oxygen atoms in total. The normalized spacial score (nSPS) is 9.75. The van der Waals surface area contributed by atoms with Gasteiger partial charge in [0.2, 0.25) is 0 Å². The Balaban J connectivity index is 2.82. The van der Waals surface area contributed by atoms with Gasteiger partial charge in [-0.3, -0.25) is 0 Å². The lowest BCUT2D eigenvalue weighted by Crippen LogP contribution is -1.94. The molecule has 0 aliphatic rings. The van der Waals surface area contributed by atoms with Crippen LogP contribution >= 0.6 is 0 Å². The van der Waals surface area contributed by atoms with Crippen LogP contribution in [-0.4, -0.2) is 0 Å². The molecule has 1 aromatic carbocycles. The van der Waals surface area contributed by atoms with Crippen molar-refractivity contribution in [3.05, 3.63) is 42.0 Å². The Morgan fingerprint density at radius 2 is 2.25 bits per heavy atom. The number of aryl methyl sites for hydroxylation is 2. The number of hydrogen-bond donors (Lipinski definition) is 1. The van der Waals surface area contributed by atoms with Gasteiger partial charge in [-0.2, -0.15) is 0 Å². The first-order valence-electron chi connectivity index (χ1n) is 4.20. The van der Waals surface area contributed by atoms with Crippen LogP contribution in [0.3, 0.4) is 0 Å². The highest BCUT2D eigenvalue weighted by molar-refractivity contribution is 5.48. The molecule has 0 heterocycles. The number of anilines is 1. The van der Waals surface area contributed by atoms with E-state index in [0.717, 1.165) is 18.5 Å².